The normalized spacial score (nSPS) is 10.6. The van der Waals surface area contributed by atoms with Crippen LogP contribution in [0.4, 0.5) is 0 Å². The number of nitrogens with one attached hydrogen (secondary N) is 1. The lowest BCUT2D eigenvalue weighted by Gasteiger charge is -2.01. The maximum Gasteiger partial charge on any atom is 0.190 e. The lowest BCUT2D eigenvalue weighted by Crippen LogP contribution is -2.17. The fourth-order valence-electron chi connectivity index (χ4n) is 0.920. The van der Waals surface area contributed by atoms with Gasteiger partial charge in [0.15, 0.2) is 5.16 Å². The average Bonchev–Trinajstić information content (AvgIpc) is 2.52. The second kappa shape index (κ2) is 5.99. The lowest BCUT2D eigenvalue weighted by atomic mass is 10.5. The zero-order chi connectivity index (χ0) is 9.52. The summed E-state index contributed by atoms with van der Waals surface area (Å²) < 4.78 is 1.94. The van der Waals surface area contributed by atoms with Gasteiger partial charge in [0, 0.05) is 19.3 Å². The van der Waals surface area contributed by atoms with Gasteiger partial charge in [0.2, 0.25) is 0 Å². The Morgan fingerprint density at radius 1 is 1.54 bits per heavy atom. The van der Waals surface area contributed by atoms with Gasteiger partial charge in [-0.2, -0.15) is 0 Å². The monoisotopic (exact) mass is 200 g/mol. The number of aryl methyl sites for hydroxylation is 1. The third-order valence-corrected chi connectivity index (χ3v) is 2.64. The van der Waals surface area contributed by atoms with Crippen molar-refractivity contribution in [3.8, 4) is 0 Å². The van der Waals surface area contributed by atoms with Crippen LogP contribution in [0.5, 0.6) is 0 Å². The minimum Gasteiger partial charge on any atom is -0.316 e. The summed E-state index contributed by atoms with van der Waals surface area (Å²) in [4.78, 5) is 0. The van der Waals surface area contributed by atoms with E-state index in [0.29, 0.717) is 0 Å². The summed E-state index contributed by atoms with van der Waals surface area (Å²) >= 11 is 1.73. The molecule has 1 aromatic heterocycles. The van der Waals surface area contributed by atoms with Crippen molar-refractivity contribution >= 4 is 11.8 Å². The first-order chi connectivity index (χ1) is 6.34. The molecular formula is C8H16N4S. The highest BCUT2D eigenvalue weighted by Crippen LogP contribution is 2.11. The molecule has 0 bridgehead atoms. The van der Waals surface area contributed by atoms with Crippen LogP contribution in [-0.4, -0.2) is 33.6 Å². The smallest absolute Gasteiger partial charge is 0.190 e. The Labute approximate surface area is 83.1 Å². The molecule has 4 nitrogen and oxygen atoms in total. The van der Waals surface area contributed by atoms with Crippen LogP contribution in [0, 0.1) is 0 Å². The van der Waals surface area contributed by atoms with Crippen LogP contribution < -0.4 is 5.32 Å². The van der Waals surface area contributed by atoms with Crippen LogP contribution in [0.15, 0.2) is 11.5 Å². The number of hydrogen-bond acceptors (Lipinski definition) is 4. The van der Waals surface area contributed by atoms with Gasteiger partial charge in [-0.3, -0.25) is 0 Å². The third-order valence-electron chi connectivity index (χ3n) is 1.61. The molecular weight excluding hydrogens is 184 g/mol. The predicted molar refractivity (Wildman–Crippen MR) is 54.9 cm³/mol. The van der Waals surface area contributed by atoms with Gasteiger partial charge in [-0.15, -0.1) is 10.2 Å². The Bertz CT molecular complexity index is 236. The molecule has 0 saturated heterocycles. The molecule has 0 aromatic carbocycles. The molecule has 1 aromatic rings. The Morgan fingerprint density at radius 2 is 2.38 bits per heavy atom. The molecule has 74 valence electrons. The molecule has 0 fully saturated rings. The van der Waals surface area contributed by atoms with Crippen LogP contribution in [0.3, 0.4) is 0 Å². The molecule has 0 aliphatic carbocycles. The molecule has 0 amide bonds. The first kappa shape index (κ1) is 10.5. The maximum absolute atomic E-state index is 3.98. The summed E-state index contributed by atoms with van der Waals surface area (Å²) in [5, 5.41) is 12.1. The number of rotatable bonds is 6. The maximum atomic E-state index is 3.98. The van der Waals surface area contributed by atoms with E-state index >= 15 is 0 Å². The number of aromatic nitrogens is 3. The highest BCUT2D eigenvalue weighted by atomic mass is 32.2. The molecule has 0 radical (unpaired) electrons. The van der Waals surface area contributed by atoms with Gasteiger partial charge in [-0.25, -0.2) is 0 Å². The largest absolute Gasteiger partial charge is 0.316 e. The molecule has 0 aliphatic rings. The molecule has 0 atom stereocenters. The van der Waals surface area contributed by atoms with Crippen LogP contribution in [0.25, 0.3) is 0 Å². The third kappa shape index (κ3) is 3.78. The highest BCUT2D eigenvalue weighted by Gasteiger charge is 1.99. The van der Waals surface area contributed by atoms with Crippen LogP contribution in [0.2, 0.25) is 0 Å². The summed E-state index contributed by atoms with van der Waals surface area (Å²) in [5.41, 5.74) is 0. The zero-order valence-electron chi connectivity index (χ0n) is 8.16. The van der Waals surface area contributed by atoms with Gasteiger partial charge in [0.05, 0.1) is 0 Å². The summed E-state index contributed by atoms with van der Waals surface area (Å²) in [6, 6.07) is 0. The molecule has 0 unspecified atom stereocenters. The summed E-state index contributed by atoms with van der Waals surface area (Å²) in [6.45, 7) is 4.30. The van der Waals surface area contributed by atoms with E-state index in [1.54, 1.807) is 18.1 Å². The van der Waals surface area contributed by atoms with Gasteiger partial charge >= 0.3 is 0 Å². The average molecular weight is 200 g/mol. The van der Waals surface area contributed by atoms with E-state index in [1.807, 2.05) is 11.6 Å². The summed E-state index contributed by atoms with van der Waals surface area (Å²) in [5.74, 6) is 1.05. The van der Waals surface area contributed by atoms with E-state index in [-0.39, 0.29) is 0 Å². The Morgan fingerprint density at radius 3 is 3.00 bits per heavy atom. The van der Waals surface area contributed by atoms with E-state index in [9.17, 15) is 0 Å². The van der Waals surface area contributed by atoms with Crippen molar-refractivity contribution in [3.63, 3.8) is 0 Å². The van der Waals surface area contributed by atoms with Gasteiger partial charge in [-0.1, -0.05) is 18.7 Å². The molecule has 0 aliphatic heterocycles. The molecule has 13 heavy (non-hydrogen) atoms. The quantitative estimate of drug-likeness (QED) is 0.547. The fourth-order valence-corrected chi connectivity index (χ4v) is 1.70. The van der Waals surface area contributed by atoms with Crippen molar-refractivity contribution in [3.05, 3.63) is 6.33 Å². The number of nitrogens with zero attached hydrogens (tertiary/aromatic N) is 3. The van der Waals surface area contributed by atoms with Crippen LogP contribution in [0.1, 0.15) is 13.3 Å². The van der Waals surface area contributed by atoms with E-state index in [4.69, 9.17) is 0 Å². The Hall–Kier alpha value is -0.550. The van der Waals surface area contributed by atoms with E-state index < -0.39 is 0 Å². The molecule has 0 spiro atoms. The van der Waals surface area contributed by atoms with Crippen molar-refractivity contribution in [1.29, 1.82) is 0 Å². The Balaban J connectivity index is 2.10. The van der Waals surface area contributed by atoms with E-state index in [1.165, 1.54) is 6.42 Å². The van der Waals surface area contributed by atoms with Gasteiger partial charge in [-0.05, 0) is 13.0 Å². The standard InChI is InChI=1S/C8H16N4S/c1-3-4-9-5-6-13-8-11-10-7-12(8)2/h7,9H,3-6H2,1-2H3. The number of hydrogen-bond donors (Lipinski definition) is 1. The van der Waals surface area contributed by atoms with Crippen LogP contribution >= 0.6 is 11.8 Å². The minimum atomic E-state index is 0.985. The van der Waals surface area contributed by atoms with Crippen molar-refractivity contribution in [2.75, 3.05) is 18.8 Å². The summed E-state index contributed by atoms with van der Waals surface area (Å²) in [7, 11) is 1.96. The first-order valence-corrected chi connectivity index (χ1v) is 5.50. The van der Waals surface area contributed by atoms with Crippen molar-refractivity contribution in [1.82, 2.24) is 20.1 Å². The second-order valence-electron chi connectivity index (χ2n) is 2.82. The number of thioether (sulfide) groups is 1. The van der Waals surface area contributed by atoms with E-state index in [0.717, 1.165) is 24.0 Å². The van der Waals surface area contributed by atoms with Crippen molar-refractivity contribution < 1.29 is 0 Å². The predicted octanol–water partition coefficient (Wildman–Crippen LogP) is 0.907. The molecule has 1 rings (SSSR count). The Kier molecular flexibility index (Phi) is 4.85. The van der Waals surface area contributed by atoms with Crippen LogP contribution in [-0.2, 0) is 7.05 Å². The SMILES string of the molecule is CCCNCCSc1nncn1C. The fraction of sp³-hybridized carbons (Fsp3) is 0.750. The van der Waals surface area contributed by atoms with Crippen molar-refractivity contribution in [2.45, 2.75) is 18.5 Å². The second-order valence-corrected chi connectivity index (χ2v) is 3.88. The van der Waals surface area contributed by atoms with Gasteiger partial charge in [0.25, 0.3) is 0 Å². The molecule has 5 heteroatoms. The van der Waals surface area contributed by atoms with E-state index in [2.05, 4.69) is 22.4 Å². The molecule has 1 N–H and O–H groups in total. The molecule has 1 heterocycles. The highest BCUT2D eigenvalue weighted by molar-refractivity contribution is 7.99. The van der Waals surface area contributed by atoms with Gasteiger partial charge < -0.3 is 9.88 Å². The van der Waals surface area contributed by atoms with Gasteiger partial charge in [0.1, 0.15) is 6.33 Å². The molecule has 0 saturated carbocycles. The summed E-state index contributed by atoms with van der Waals surface area (Å²) in [6.07, 6.45) is 2.91. The topological polar surface area (TPSA) is 42.7 Å². The van der Waals surface area contributed by atoms with Crippen molar-refractivity contribution in [2.24, 2.45) is 7.05 Å². The lowest BCUT2D eigenvalue weighted by molar-refractivity contribution is 0.705. The zero-order valence-corrected chi connectivity index (χ0v) is 8.97. The first-order valence-electron chi connectivity index (χ1n) is 4.52. The minimum absolute atomic E-state index is 0.985.